The van der Waals surface area contributed by atoms with Gasteiger partial charge in [-0.25, -0.2) is 15.0 Å². The van der Waals surface area contributed by atoms with Crippen molar-refractivity contribution in [3.05, 3.63) is 18.3 Å². The third-order valence-corrected chi connectivity index (χ3v) is 2.50. The average Bonchev–Trinajstić information content (AvgIpc) is 2.59. The zero-order valence-corrected chi connectivity index (χ0v) is 8.94. The number of nitrogens with one attached hydrogen (secondary N) is 1. The standard InChI is InChI=1S/C10H15N5/c1-6(2)7(11)3-9-14-8-4-12-5-13-10(8)15-9/h4-7H,3,11H2,1-2H3,(H,12,13,14,15). The Labute approximate surface area is 88.1 Å². The number of aromatic amines is 1. The van der Waals surface area contributed by atoms with E-state index in [0.29, 0.717) is 11.6 Å². The second kappa shape index (κ2) is 3.94. The minimum atomic E-state index is 0.124. The second-order valence-corrected chi connectivity index (χ2v) is 4.06. The van der Waals surface area contributed by atoms with Gasteiger partial charge in [-0.15, -0.1) is 0 Å². The third kappa shape index (κ3) is 2.12. The number of hydrogen-bond acceptors (Lipinski definition) is 4. The molecule has 0 aliphatic rings. The molecule has 0 amide bonds. The normalized spacial score (nSPS) is 13.6. The summed E-state index contributed by atoms with van der Waals surface area (Å²) in [6.45, 7) is 4.21. The number of hydrogen-bond donors (Lipinski definition) is 2. The summed E-state index contributed by atoms with van der Waals surface area (Å²) in [6.07, 6.45) is 3.96. The fraction of sp³-hybridized carbons (Fsp3) is 0.500. The summed E-state index contributed by atoms with van der Waals surface area (Å²) in [6, 6.07) is 0.124. The largest absolute Gasteiger partial charge is 0.339 e. The summed E-state index contributed by atoms with van der Waals surface area (Å²) >= 11 is 0. The van der Waals surface area contributed by atoms with Gasteiger partial charge in [-0.1, -0.05) is 13.8 Å². The van der Waals surface area contributed by atoms with E-state index in [1.54, 1.807) is 6.20 Å². The number of aromatic nitrogens is 4. The third-order valence-electron chi connectivity index (χ3n) is 2.50. The van der Waals surface area contributed by atoms with E-state index in [2.05, 4.69) is 33.8 Å². The topological polar surface area (TPSA) is 80.5 Å². The molecular weight excluding hydrogens is 190 g/mol. The Morgan fingerprint density at radius 3 is 2.93 bits per heavy atom. The molecule has 0 saturated heterocycles. The first-order valence-corrected chi connectivity index (χ1v) is 5.07. The molecule has 0 saturated carbocycles. The summed E-state index contributed by atoms with van der Waals surface area (Å²) in [7, 11) is 0. The van der Waals surface area contributed by atoms with Gasteiger partial charge in [0, 0.05) is 12.5 Å². The highest BCUT2D eigenvalue weighted by molar-refractivity contribution is 5.68. The Morgan fingerprint density at radius 1 is 1.47 bits per heavy atom. The number of rotatable bonds is 3. The van der Waals surface area contributed by atoms with Crippen molar-refractivity contribution in [2.45, 2.75) is 26.3 Å². The highest BCUT2D eigenvalue weighted by Crippen LogP contribution is 2.09. The Morgan fingerprint density at radius 2 is 2.27 bits per heavy atom. The van der Waals surface area contributed by atoms with Crippen molar-refractivity contribution in [2.75, 3.05) is 0 Å². The molecule has 2 heterocycles. The molecule has 5 nitrogen and oxygen atoms in total. The van der Waals surface area contributed by atoms with Gasteiger partial charge in [-0.2, -0.15) is 0 Å². The van der Waals surface area contributed by atoms with Crippen LogP contribution in [0.4, 0.5) is 0 Å². The zero-order chi connectivity index (χ0) is 10.8. The number of nitrogens with two attached hydrogens (primary N) is 1. The maximum absolute atomic E-state index is 5.97. The molecule has 0 fully saturated rings. The second-order valence-electron chi connectivity index (χ2n) is 4.06. The van der Waals surface area contributed by atoms with Gasteiger partial charge in [0.05, 0.1) is 6.20 Å². The van der Waals surface area contributed by atoms with E-state index >= 15 is 0 Å². The van der Waals surface area contributed by atoms with E-state index in [1.165, 1.54) is 6.33 Å². The highest BCUT2D eigenvalue weighted by Gasteiger charge is 2.11. The first kappa shape index (κ1) is 10.0. The Balaban J connectivity index is 2.22. The molecule has 3 N–H and O–H groups in total. The number of fused-ring (bicyclic) bond motifs is 1. The molecule has 0 aliphatic heterocycles. The monoisotopic (exact) mass is 205 g/mol. The average molecular weight is 205 g/mol. The van der Waals surface area contributed by atoms with Crippen molar-refractivity contribution in [3.8, 4) is 0 Å². The summed E-state index contributed by atoms with van der Waals surface area (Å²) in [5.41, 5.74) is 7.54. The molecule has 2 rings (SSSR count). The predicted octanol–water partition coefficient (Wildman–Crippen LogP) is 0.879. The molecule has 2 aromatic heterocycles. The SMILES string of the molecule is CC(C)C(N)Cc1nc2ncncc2[nH]1. The minimum Gasteiger partial charge on any atom is -0.339 e. The maximum Gasteiger partial charge on any atom is 0.180 e. The van der Waals surface area contributed by atoms with E-state index in [0.717, 1.165) is 17.8 Å². The van der Waals surface area contributed by atoms with Gasteiger partial charge in [0.15, 0.2) is 5.65 Å². The van der Waals surface area contributed by atoms with Crippen LogP contribution in [0.15, 0.2) is 12.5 Å². The lowest BCUT2D eigenvalue weighted by Gasteiger charge is -2.13. The fourth-order valence-corrected chi connectivity index (χ4v) is 1.37. The molecule has 0 radical (unpaired) electrons. The quantitative estimate of drug-likeness (QED) is 0.779. The van der Waals surface area contributed by atoms with Gasteiger partial charge >= 0.3 is 0 Å². The molecule has 0 aromatic carbocycles. The zero-order valence-electron chi connectivity index (χ0n) is 8.94. The molecule has 2 aromatic rings. The van der Waals surface area contributed by atoms with Crippen LogP contribution in [0.3, 0.4) is 0 Å². The lowest BCUT2D eigenvalue weighted by atomic mass is 10.0. The van der Waals surface area contributed by atoms with Crippen molar-refractivity contribution in [3.63, 3.8) is 0 Å². The van der Waals surface area contributed by atoms with E-state index in [-0.39, 0.29) is 6.04 Å². The predicted molar refractivity (Wildman–Crippen MR) is 58.2 cm³/mol. The molecule has 0 bridgehead atoms. The first-order chi connectivity index (χ1) is 7.16. The number of nitrogens with zero attached hydrogens (tertiary/aromatic N) is 3. The molecule has 0 spiro atoms. The van der Waals surface area contributed by atoms with Crippen molar-refractivity contribution < 1.29 is 0 Å². The lowest BCUT2D eigenvalue weighted by Crippen LogP contribution is -2.29. The van der Waals surface area contributed by atoms with Gasteiger partial charge in [0.1, 0.15) is 17.7 Å². The van der Waals surface area contributed by atoms with E-state index in [9.17, 15) is 0 Å². The number of imidazole rings is 1. The Bertz CT molecular complexity index is 415. The highest BCUT2D eigenvalue weighted by atomic mass is 15.0. The summed E-state index contributed by atoms with van der Waals surface area (Å²) in [5, 5.41) is 0. The lowest BCUT2D eigenvalue weighted by molar-refractivity contribution is 0.483. The van der Waals surface area contributed by atoms with Crippen LogP contribution >= 0.6 is 0 Å². The smallest absolute Gasteiger partial charge is 0.180 e. The summed E-state index contributed by atoms with van der Waals surface area (Å²) < 4.78 is 0. The van der Waals surface area contributed by atoms with Crippen molar-refractivity contribution in [1.82, 2.24) is 19.9 Å². The van der Waals surface area contributed by atoms with E-state index in [1.807, 2.05) is 0 Å². The molecular formula is C10H15N5. The molecule has 15 heavy (non-hydrogen) atoms. The van der Waals surface area contributed by atoms with Crippen molar-refractivity contribution in [1.29, 1.82) is 0 Å². The van der Waals surface area contributed by atoms with Gasteiger partial charge in [-0.3, -0.25) is 0 Å². The van der Waals surface area contributed by atoms with Crippen LogP contribution in [0.5, 0.6) is 0 Å². The fourth-order valence-electron chi connectivity index (χ4n) is 1.37. The van der Waals surface area contributed by atoms with Gasteiger partial charge in [0.2, 0.25) is 0 Å². The molecule has 1 atom stereocenters. The van der Waals surface area contributed by atoms with Crippen LogP contribution in [0.1, 0.15) is 19.7 Å². The van der Waals surface area contributed by atoms with Crippen LogP contribution in [0.2, 0.25) is 0 Å². The summed E-state index contributed by atoms with van der Waals surface area (Å²) in [5.74, 6) is 1.33. The minimum absolute atomic E-state index is 0.124. The number of H-pyrrole nitrogens is 1. The van der Waals surface area contributed by atoms with Crippen LogP contribution in [0, 0.1) is 5.92 Å². The molecule has 0 aliphatic carbocycles. The van der Waals surface area contributed by atoms with Crippen LogP contribution in [-0.2, 0) is 6.42 Å². The molecule has 5 heteroatoms. The van der Waals surface area contributed by atoms with Crippen LogP contribution in [0.25, 0.3) is 11.2 Å². The van der Waals surface area contributed by atoms with Gasteiger partial charge in [-0.05, 0) is 5.92 Å². The van der Waals surface area contributed by atoms with Gasteiger partial charge in [0.25, 0.3) is 0 Å². The Hall–Kier alpha value is -1.49. The summed E-state index contributed by atoms with van der Waals surface area (Å²) in [4.78, 5) is 15.5. The maximum atomic E-state index is 5.97. The van der Waals surface area contributed by atoms with Crippen LogP contribution < -0.4 is 5.73 Å². The first-order valence-electron chi connectivity index (χ1n) is 5.07. The van der Waals surface area contributed by atoms with E-state index in [4.69, 9.17) is 5.73 Å². The molecule has 1 unspecified atom stereocenters. The molecule has 80 valence electrons. The van der Waals surface area contributed by atoms with E-state index < -0.39 is 0 Å². The van der Waals surface area contributed by atoms with Crippen LogP contribution in [-0.4, -0.2) is 26.0 Å². The van der Waals surface area contributed by atoms with Crippen molar-refractivity contribution >= 4 is 11.2 Å². The Kier molecular flexibility index (Phi) is 2.64. The van der Waals surface area contributed by atoms with Gasteiger partial charge < -0.3 is 10.7 Å². The van der Waals surface area contributed by atoms with Crippen molar-refractivity contribution in [2.24, 2.45) is 11.7 Å².